The summed E-state index contributed by atoms with van der Waals surface area (Å²) in [5, 5.41) is 46.0. The van der Waals surface area contributed by atoms with Crippen LogP contribution < -0.4 is 0 Å². The Hall–Kier alpha value is -1.40. The third kappa shape index (κ3) is 5.42. The predicted octanol–water partition coefficient (Wildman–Crippen LogP) is 3.14. The molecule has 0 amide bonds. The average Bonchev–Trinajstić information content (AvgIpc) is 3.58. The number of cyclic esters (lactones) is 1. The molecule has 6 fully saturated rings. The van der Waals surface area contributed by atoms with E-state index in [0.29, 0.717) is 38.8 Å². The lowest BCUT2D eigenvalue weighted by Crippen LogP contribution is -2.69. The van der Waals surface area contributed by atoms with Gasteiger partial charge in [0.15, 0.2) is 6.29 Å². The van der Waals surface area contributed by atoms with Crippen LogP contribution in [-0.2, 0) is 19.0 Å². The van der Waals surface area contributed by atoms with Crippen LogP contribution in [0.15, 0.2) is 16.6 Å². The number of aliphatic hydroxyl groups is 4. The van der Waals surface area contributed by atoms with E-state index < -0.39 is 41.2 Å². The van der Waals surface area contributed by atoms with E-state index in [0.717, 1.165) is 57.3 Å². The highest BCUT2D eigenvalue weighted by atomic mass is 16.7. The SMILES string of the molecule is C[C@H]1O[C@@H](O[C@H]2CC[C@]3(C=NCCN4CCCCC4)[C@@H]4CC[C@]5(C)[C@H](C6=CC(=O)OC6)CC[C@]5(O)[C@H]4CC[C@@]3(O)C2)C[C@H](O)[C@@H]1O. The number of ether oxygens (including phenoxy) is 3. The molecule has 10 heteroatoms. The number of piperidine rings is 1. The molecular formula is C36H56N2O8. The van der Waals surface area contributed by atoms with Crippen molar-refractivity contribution in [2.75, 3.05) is 32.8 Å². The number of carbonyl (C=O) groups excluding carboxylic acids is 1. The number of rotatable bonds is 7. The van der Waals surface area contributed by atoms with E-state index in [2.05, 4.69) is 18.0 Å². The van der Waals surface area contributed by atoms with Gasteiger partial charge in [0.1, 0.15) is 12.7 Å². The fourth-order valence-corrected chi connectivity index (χ4v) is 11.4. The van der Waals surface area contributed by atoms with Crippen molar-refractivity contribution in [2.24, 2.45) is 33.6 Å². The molecule has 0 spiro atoms. The number of hydrogen-bond donors (Lipinski definition) is 4. The van der Waals surface area contributed by atoms with Gasteiger partial charge in [0.2, 0.25) is 0 Å². The standard InChI is InChI=1S/C36H56N2O8/c1-23-32(41)29(39)19-31(45-23)46-25-6-11-34(22-37-14-17-38-15-4-3-5-16-38)27-7-10-33(2)26(24-18-30(40)44-21-24)9-13-36(33,43)28(27)8-12-35(34,42)20-25/h18,22-23,25-29,31-32,39,41-43H,3-17,19-21H2,1-2H3/t23-,25+,26+,27-,28+,29+,31+,32-,33-,34+,35-,36+/m1/s1. The Kier molecular flexibility index (Phi) is 8.99. The maximum atomic E-state index is 12.8. The third-order valence-corrected chi connectivity index (χ3v) is 14.0. The van der Waals surface area contributed by atoms with Crippen LogP contribution in [-0.4, -0.2) is 112 Å². The Morgan fingerprint density at radius 3 is 2.57 bits per heavy atom. The van der Waals surface area contributed by atoms with Crippen LogP contribution in [0.4, 0.5) is 0 Å². The maximum absolute atomic E-state index is 12.8. The molecule has 3 heterocycles. The van der Waals surface area contributed by atoms with Crippen LogP contribution in [0.2, 0.25) is 0 Å². The van der Waals surface area contributed by atoms with Crippen molar-refractivity contribution in [1.29, 1.82) is 0 Å². The minimum Gasteiger partial charge on any atom is -0.458 e. The molecule has 2 saturated heterocycles. The second-order valence-electron chi connectivity index (χ2n) is 16.1. The largest absolute Gasteiger partial charge is 0.458 e. The number of fused-ring (bicyclic) bond motifs is 5. The number of aliphatic imine (C=N–C) groups is 1. The van der Waals surface area contributed by atoms with E-state index in [-0.39, 0.29) is 41.7 Å². The molecule has 4 aliphatic carbocycles. The zero-order valence-corrected chi connectivity index (χ0v) is 27.8. The van der Waals surface area contributed by atoms with Crippen molar-refractivity contribution in [3.63, 3.8) is 0 Å². The zero-order chi connectivity index (χ0) is 32.3. The van der Waals surface area contributed by atoms with Crippen molar-refractivity contribution >= 4 is 12.2 Å². The van der Waals surface area contributed by atoms with Crippen LogP contribution in [0.5, 0.6) is 0 Å². The van der Waals surface area contributed by atoms with E-state index in [9.17, 15) is 25.2 Å². The molecule has 0 aromatic rings. The molecule has 12 atom stereocenters. The van der Waals surface area contributed by atoms with Gasteiger partial charge in [-0.3, -0.25) is 4.99 Å². The summed E-state index contributed by atoms with van der Waals surface area (Å²) in [6.07, 6.45) is 11.0. The first kappa shape index (κ1) is 33.1. The fraction of sp³-hybridized carbons (Fsp3) is 0.889. The molecular weight excluding hydrogens is 588 g/mol. The lowest BCUT2D eigenvalue weighted by Gasteiger charge is -2.66. The van der Waals surface area contributed by atoms with Crippen LogP contribution in [0, 0.1) is 28.6 Å². The van der Waals surface area contributed by atoms with Gasteiger partial charge in [0.05, 0.1) is 36.1 Å². The molecule has 0 radical (unpaired) electrons. The number of carbonyl (C=O) groups is 1. The summed E-state index contributed by atoms with van der Waals surface area (Å²) >= 11 is 0. The van der Waals surface area contributed by atoms with Crippen LogP contribution >= 0.6 is 0 Å². The molecule has 0 bridgehead atoms. The van der Waals surface area contributed by atoms with Gasteiger partial charge in [0.25, 0.3) is 0 Å². The minimum atomic E-state index is -1.04. The number of esters is 1. The van der Waals surface area contributed by atoms with Crippen molar-refractivity contribution in [2.45, 2.75) is 139 Å². The van der Waals surface area contributed by atoms with Crippen molar-refractivity contribution in [3.05, 3.63) is 11.6 Å². The van der Waals surface area contributed by atoms with Gasteiger partial charge in [-0.1, -0.05) is 13.3 Å². The third-order valence-electron chi connectivity index (χ3n) is 14.0. The van der Waals surface area contributed by atoms with Gasteiger partial charge in [0, 0.05) is 42.5 Å². The van der Waals surface area contributed by atoms with Crippen molar-refractivity contribution in [1.82, 2.24) is 4.90 Å². The van der Waals surface area contributed by atoms with Gasteiger partial charge in [-0.25, -0.2) is 4.79 Å². The first-order chi connectivity index (χ1) is 22.0. The number of likely N-dealkylation sites (tertiary alicyclic amines) is 1. The summed E-state index contributed by atoms with van der Waals surface area (Å²) in [6.45, 7) is 8.19. The normalized spacial score (nSPS) is 49.7. The lowest BCUT2D eigenvalue weighted by molar-refractivity contribution is -0.282. The molecule has 7 aliphatic rings. The fourth-order valence-electron chi connectivity index (χ4n) is 11.4. The molecule has 258 valence electrons. The van der Waals surface area contributed by atoms with Gasteiger partial charge < -0.3 is 39.5 Å². The number of aliphatic hydroxyl groups excluding tert-OH is 2. The second kappa shape index (κ2) is 12.5. The predicted molar refractivity (Wildman–Crippen MR) is 171 cm³/mol. The van der Waals surface area contributed by atoms with Gasteiger partial charge in [-0.15, -0.1) is 0 Å². The topological polar surface area (TPSA) is 141 Å². The number of hydrogen-bond acceptors (Lipinski definition) is 10. The van der Waals surface area contributed by atoms with Gasteiger partial charge >= 0.3 is 5.97 Å². The quantitative estimate of drug-likeness (QED) is 0.187. The Balaban J connectivity index is 1.14. The summed E-state index contributed by atoms with van der Waals surface area (Å²) in [5.41, 5.74) is -1.83. The highest BCUT2D eigenvalue weighted by Gasteiger charge is 2.71. The van der Waals surface area contributed by atoms with E-state index in [4.69, 9.17) is 19.2 Å². The summed E-state index contributed by atoms with van der Waals surface area (Å²) in [7, 11) is 0. The lowest BCUT2D eigenvalue weighted by atomic mass is 9.41. The molecule has 3 aliphatic heterocycles. The van der Waals surface area contributed by atoms with E-state index in [1.807, 2.05) is 0 Å². The Morgan fingerprint density at radius 1 is 1.04 bits per heavy atom. The average molecular weight is 645 g/mol. The van der Waals surface area contributed by atoms with E-state index >= 15 is 0 Å². The van der Waals surface area contributed by atoms with Crippen LogP contribution in [0.3, 0.4) is 0 Å². The van der Waals surface area contributed by atoms with E-state index in [1.54, 1.807) is 13.0 Å². The first-order valence-electron chi connectivity index (χ1n) is 18.2. The molecule has 0 aromatic carbocycles. The molecule has 0 unspecified atom stereocenters. The summed E-state index contributed by atoms with van der Waals surface area (Å²) in [6, 6.07) is 0. The van der Waals surface area contributed by atoms with Gasteiger partial charge in [-0.05, 0) is 108 Å². The highest BCUT2D eigenvalue weighted by Crippen LogP contribution is 2.70. The molecule has 0 aromatic heterocycles. The molecule has 7 rings (SSSR count). The molecule has 4 saturated carbocycles. The van der Waals surface area contributed by atoms with E-state index in [1.165, 1.54) is 19.3 Å². The monoisotopic (exact) mass is 644 g/mol. The maximum Gasteiger partial charge on any atom is 0.331 e. The second-order valence-corrected chi connectivity index (χ2v) is 16.1. The smallest absolute Gasteiger partial charge is 0.331 e. The Bertz CT molecular complexity index is 1190. The summed E-state index contributed by atoms with van der Waals surface area (Å²) in [4.78, 5) is 19.6. The van der Waals surface area contributed by atoms with Crippen LogP contribution in [0.25, 0.3) is 0 Å². The van der Waals surface area contributed by atoms with Gasteiger partial charge in [-0.2, -0.15) is 0 Å². The summed E-state index contributed by atoms with van der Waals surface area (Å²) in [5.74, 6) is -0.0415. The van der Waals surface area contributed by atoms with Crippen molar-refractivity contribution < 1.29 is 39.4 Å². The zero-order valence-electron chi connectivity index (χ0n) is 27.8. The van der Waals surface area contributed by atoms with Crippen molar-refractivity contribution in [3.8, 4) is 0 Å². The first-order valence-corrected chi connectivity index (χ1v) is 18.2. The molecule has 46 heavy (non-hydrogen) atoms. The molecule has 4 N–H and O–H groups in total. The van der Waals surface area contributed by atoms with Crippen LogP contribution in [0.1, 0.15) is 97.3 Å². The Morgan fingerprint density at radius 2 is 1.83 bits per heavy atom. The number of nitrogens with zero attached hydrogens (tertiary/aromatic N) is 2. The Labute approximate surface area is 273 Å². The molecule has 10 nitrogen and oxygen atoms in total. The highest BCUT2D eigenvalue weighted by molar-refractivity contribution is 5.85. The summed E-state index contributed by atoms with van der Waals surface area (Å²) < 4.78 is 17.6. The minimum absolute atomic E-state index is 0.0281.